The molecule has 1 unspecified atom stereocenters. The Bertz CT molecular complexity index is 719. The average Bonchev–Trinajstić information content (AvgIpc) is 2.94. The molecule has 3 rings (SSSR count). The molecule has 1 aromatic carbocycles. The highest BCUT2D eigenvalue weighted by atomic mass is 32.2. The topological polar surface area (TPSA) is 58.4 Å². The summed E-state index contributed by atoms with van der Waals surface area (Å²) in [6.07, 6.45) is 0. The third kappa shape index (κ3) is 4.44. The second-order valence-corrected chi connectivity index (χ2v) is 7.76. The zero-order chi connectivity index (χ0) is 17.8. The number of aromatic nitrogens is 1. The van der Waals surface area contributed by atoms with Crippen molar-refractivity contribution in [2.24, 2.45) is 0 Å². The molecule has 1 fully saturated rings. The van der Waals surface area contributed by atoms with Crippen LogP contribution in [0.25, 0.3) is 0 Å². The molecular weight excluding hydrogens is 334 g/mol. The molecule has 6 heteroatoms. The summed E-state index contributed by atoms with van der Waals surface area (Å²) in [6.45, 7) is 8.79. The lowest BCUT2D eigenvalue weighted by Crippen LogP contribution is -2.31. The first-order chi connectivity index (χ1) is 12.0. The molecule has 0 radical (unpaired) electrons. The van der Waals surface area contributed by atoms with E-state index in [0.29, 0.717) is 5.76 Å². The predicted molar refractivity (Wildman–Crippen MR) is 102 cm³/mol. The first kappa shape index (κ1) is 18.0. The fourth-order valence-electron chi connectivity index (χ4n) is 3.25. The number of amides is 1. The quantitative estimate of drug-likeness (QED) is 0.884. The van der Waals surface area contributed by atoms with Crippen LogP contribution in [0.5, 0.6) is 0 Å². The van der Waals surface area contributed by atoms with E-state index in [9.17, 15) is 4.79 Å². The zero-order valence-corrected chi connectivity index (χ0v) is 15.9. The number of hydrogen-bond donors (Lipinski definition) is 1. The molecule has 5 nitrogen and oxygen atoms in total. The van der Waals surface area contributed by atoms with Crippen LogP contribution in [0.15, 0.2) is 28.8 Å². The van der Waals surface area contributed by atoms with Gasteiger partial charge in [0.05, 0.1) is 11.6 Å². The maximum Gasteiger partial charge on any atom is 0.231 e. The summed E-state index contributed by atoms with van der Waals surface area (Å²) >= 11 is 2.01. The number of nitrogens with zero attached hydrogens (tertiary/aromatic N) is 2. The van der Waals surface area contributed by atoms with Crippen LogP contribution in [0.4, 0.5) is 5.69 Å². The number of carbonyl (C=O) groups is 1. The van der Waals surface area contributed by atoms with Crippen LogP contribution in [0.2, 0.25) is 0 Å². The molecule has 2 heterocycles. The molecule has 1 aliphatic heterocycles. The predicted octanol–water partition coefficient (Wildman–Crippen LogP) is 3.58. The van der Waals surface area contributed by atoms with Gasteiger partial charge in [-0.15, -0.1) is 0 Å². The van der Waals surface area contributed by atoms with Crippen molar-refractivity contribution in [3.05, 3.63) is 46.8 Å². The first-order valence-electron chi connectivity index (χ1n) is 8.67. The molecule has 1 N–H and O–H groups in total. The largest absolute Gasteiger partial charge is 0.361 e. The molecule has 2 aromatic rings. The SMILES string of the molecule is Cc1noc(C)c1C(C)C(=O)Nc1cccc(CN2CCSCC2)c1. The van der Waals surface area contributed by atoms with Crippen molar-refractivity contribution >= 4 is 23.4 Å². The van der Waals surface area contributed by atoms with E-state index in [0.717, 1.165) is 36.6 Å². The number of anilines is 1. The molecule has 0 bridgehead atoms. The van der Waals surface area contributed by atoms with E-state index in [1.54, 1.807) is 0 Å². The summed E-state index contributed by atoms with van der Waals surface area (Å²) in [7, 11) is 0. The molecule has 134 valence electrons. The van der Waals surface area contributed by atoms with Crippen LogP contribution in [0.3, 0.4) is 0 Å². The standard InChI is InChI=1S/C19H25N3O2S/c1-13(18-14(2)21-24-15(18)3)19(23)20-17-6-4-5-16(11-17)12-22-7-9-25-10-8-22/h4-6,11,13H,7-10,12H2,1-3H3,(H,20,23). The highest BCUT2D eigenvalue weighted by molar-refractivity contribution is 7.99. The van der Waals surface area contributed by atoms with Crippen LogP contribution < -0.4 is 5.32 Å². The second kappa shape index (κ2) is 8.06. The second-order valence-electron chi connectivity index (χ2n) is 6.54. The van der Waals surface area contributed by atoms with Gasteiger partial charge in [0.1, 0.15) is 5.76 Å². The lowest BCUT2D eigenvalue weighted by atomic mass is 9.98. The third-order valence-corrected chi connectivity index (χ3v) is 5.56. The summed E-state index contributed by atoms with van der Waals surface area (Å²) in [4.78, 5) is 15.1. The monoisotopic (exact) mass is 359 g/mol. The van der Waals surface area contributed by atoms with E-state index in [2.05, 4.69) is 27.5 Å². The van der Waals surface area contributed by atoms with Crippen LogP contribution in [0, 0.1) is 13.8 Å². The number of carbonyl (C=O) groups excluding carboxylic acids is 1. The summed E-state index contributed by atoms with van der Waals surface area (Å²) in [5.74, 6) is 2.77. The summed E-state index contributed by atoms with van der Waals surface area (Å²) in [6, 6.07) is 8.13. The zero-order valence-electron chi connectivity index (χ0n) is 15.0. The minimum absolute atomic E-state index is 0.0408. The highest BCUT2D eigenvalue weighted by Gasteiger charge is 2.23. The molecule has 1 saturated heterocycles. The van der Waals surface area contributed by atoms with Gasteiger partial charge in [-0.05, 0) is 38.5 Å². The van der Waals surface area contributed by atoms with Crippen molar-refractivity contribution in [3.8, 4) is 0 Å². The first-order valence-corrected chi connectivity index (χ1v) is 9.82. The number of rotatable bonds is 5. The molecular formula is C19H25N3O2S. The third-order valence-electron chi connectivity index (χ3n) is 4.62. The molecule has 1 aliphatic rings. The van der Waals surface area contributed by atoms with Gasteiger partial charge in [0, 0.05) is 42.4 Å². The van der Waals surface area contributed by atoms with E-state index >= 15 is 0 Å². The Kier molecular flexibility index (Phi) is 5.81. The van der Waals surface area contributed by atoms with E-state index in [1.165, 1.54) is 17.1 Å². The van der Waals surface area contributed by atoms with Crippen molar-refractivity contribution in [3.63, 3.8) is 0 Å². The van der Waals surface area contributed by atoms with E-state index in [1.807, 2.05) is 44.7 Å². The summed E-state index contributed by atoms with van der Waals surface area (Å²) in [5, 5.41) is 6.97. The molecule has 1 atom stereocenters. The molecule has 25 heavy (non-hydrogen) atoms. The maximum absolute atomic E-state index is 12.6. The normalized spacial score (nSPS) is 16.6. The molecule has 0 saturated carbocycles. The van der Waals surface area contributed by atoms with Gasteiger partial charge in [-0.3, -0.25) is 9.69 Å². The molecule has 1 amide bonds. The molecule has 1 aromatic heterocycles. The average molecular weight is 359 g/mol. The van der Waals surface area contributed by atoms with Gasteiger partial charge in [-0.25, -0.2) is 0 Å². The lowest BCUT2D eigenvalue weighted by Gasteiger charge is -2.26. The lowest BCUT2D eigenvalue weighted by molar-refractivity contribution is -0.117. The van der Waals surface area contributed by atoms with Crippen molar-refractivity contribution in [2.45, 2.75) is 33.2 Å². The van der Waals surface area contributed by atoms with E-state index in [4.69, 9.17) is 4.52 Å². The summed E-state index contributed by atoms with van der Waals surface area (Å²) < 4.78 is 5.18. The number of nitrogens with one attached hydrogen (secondary N) is 1. The Hall–Kier alpha value is -1.79. The van der Waals surface area contributed by atoms with Crippen LogP contribution in [0.1, 0.15) is 35.4 Å². The Morgan fingerprint density at radius 3 is 2.80 bits per heavy atom. The van der Waals surface area contributed by atoms with Crippen molar-refractivity contribution < 1.29 is 9.32 Å². The van der Waals surface area contributed by atoms with Gasteiger partial charge in [-0.2, -0.15) is 11.8 Å². The van der Waals surface area contributed by atoms with Crippen LogP contribution in [-0.4, -0.2) is 40.6 Å². The van der Waals surface area contributed by atoms with E-state index < -0.39 is 0 Å². The van der Waals surface area contributed by atoms with Crippen LogP contribution >= 0.6 is 11.8 Å². The minimum Gasteiger partial charge on any atom is -0.361 e. The molecule has 0 spiro atoms. The van der Waals surface area contributed by atoms with Gasteiger partial charge in [0.15, 0.2) is 0 Å². The van der Waals surface area contributed by atoms with Gasteiger partial charge < -0.3 is 9.84 Å². The van der Waals surface area contributed by atoms with E-state index in [-0.39, 0.29) is 11.8 Å². The Balaban J connectivity index is 1.66. The minimum atomic E-state index is -0.297. The van der Waals surface area contributed by atoms with Crippen molar-refractivity contribution in [2.75, 3.05) is 29.9 Å². The van der Waals surface area contributed by atoms with Gasteiger partial charge >= 0.3 is 0 Å². The van der Waals surface area contributed by atoms with Gasteiger partial charge in [0.25, 0.3) is 0 Å². The maximum atomic E-state index is 12.6. The molecule has 0 aliphatic carbocycles. The fraction of sp³-hybridized carbons (Fsp3) is 0.474. The van der Waals surface area contributed by atoms with Gasteiger partial charge in [0.2, 0.25) is 5.91 Å². The number of aryl methyl sites for hydroxylation is 2. The Morgan fingerprint density at radius 2 is 2.12 bits per heavy atom. The number of benzene rings is 1. The van der Waals surface area contributed by atoms with Crippen LogP contribution in [-0.2, 0) is 11.3 Å². The Morgan fingerprint density at radius 1 is 1.36 bits per heavy atom. The summed E-state index contributed by atoms with van der Waals surface area (Å²) in [5.41, 5.74) is 3.72. The number of thioether (sulfide) groups is 1. The number of hydrogen-bond acceptors (Lipinski definition) is 5. The fourth-order valence-corrected chi connectivity index (χ4v) is 4.23. The smallest absolute Gasteiger partial charge is 0.231 e. The Labute approximate surface area is 153 Å². The van der Waals surface area contributed by atoms with Gasteiger partial charge in [-0.1, -0.05) is 17.3 Å². The van der Waals surface area contributed by atoms with Crippen molar-refractivity contribution in [1.82, 2.24) is 10.1 Å². The highest BCUT2D eigenvalue weighted by Crippen LogP contribution is 2.25. The van der Waals surface area contributed by atoms with Crippen molar-refractivity contribution in [1.29, 1.82) is 0 Å².